The van der Waals surface area contributed by atoms with Crippen molar-refractivity contribution in [2.45, 2.75) is 26.7 Å². The molecular formula is C19H19N3O2. The highest BCUT2D eigenvalue weighted by Crippen LogP contribution is 2.19. The number of nitrogens with zero attached hydrogens (tertiary/aromatic N) is 3. The Balaban J connectivity index is 2.15. The van der Waals surface area contributed by atoms with Crippen molar-refractivity contribution in [2.24, 2.45) is 5.10 Å². The summed E-state index contributed by atoms with van der Waals surface area (Å²) in [4.78, 5) is 17.3. The lowest BCUT2D eigenvalue weighted by Gasteiger charge is -2.08. The van der Waals surface area contributed by atoms with Crippen molar-refractivity contribution in [3.63, 3.8) is 0 Å². The van der Waals surface area contributed by atoms with Crippen molar-refractivity contribution in [3.8, 4) is 5.75 Å². The van der Waals surface area contributed by atoms with Crippen LogP contribution in [0, 0.1) is 6.92 Å². The summed E-state index contributed by atoms with van der Waals surface area (Å²) in [5.41, 5.74) is 1.80. The summed E-state index contributed by atoms with van der Waals surface area (Å²) < 4.78 is 1.33. The molecule has 0 fully saturated rings. The summed E-state index contributed by atoms with van der Waals surface area (Å²) >= 11 is 0. The number of fused-ring (bicyclic) bond motifs is 1. The van der Waals surface area contributed by atoms with Crippen LogP contribution in [0.2, 0.25) is 0 Å². The number of phenolic OH excluding ortho intramolecular Hbond substituents is 1. The minimum atomic E-state index is -0.201. The van der Waals surface area contributed by atoms with E-state index in [9.17, 15) is 9.90 Å². The zero-order valence-corrected chi connectivity index (χ0v) is 13.7. The SMILES string of the molecule is CCCc1nc2ccccc2c(=O)n1N=Cc1cccc(C)c1O. The van der Waals surface area contributed by atoms with Gasteiger partial charge >= 0.3 is 0 Å². The Morgan fingerprint density at radius 2 is 2.00 bits per heavy atom. The first kappa shape index (κ1) is 15.9. The lowest BCUT2D eigenvalue weighted by Crippen LogP contribution is -2.22. The van der Waals surface area contributed by atoms with Gasteiger partial charge in [-0.05, 0) is 37.1 Å². The monoisotopic (exact) mass is 321 g/mol. The Kier molecular flexibility index (Phi) is 4.42. The van der Waals surface area contributed by atoms with Crippen LogP contribution in [0.5, 0.6) is 5.75 Å². The molecule has 1 heterocycles. The zero-order valence-electron chi connectivity index (χ0n) is 13.7. The summed E-state index contributed by atoms with van der Waals surface area (Å²) in [5.74, 6) is 0.782. The van der Waals surface area contributed by atoms with E-state index in [1.165, 1.54) is 10.9 Å². The molecule has 0 atom stereocenters. The molecule has 0 aliphatic rings. The predicted molar refractivity (Wildman–Crippen MR) is 95.8 cm³/mol. The highest BCUT2D eigenvalue weighted by Gasteiger charge is 2.09. The molecule has 0 spiro atoms. The lowest BCUT2D eigenvalue weighted by molar-refractivity contribution is 0.470. The van der Waals surface area contributed by atoms with Crippen LogP contribution in [0.15, 0.2) is 52.4 Å². The van der Waals surface area contributed by atoms with Gasteiger partial charge in [0.25, 0.3) is 5.56 Å². The van der Waals surface area contributed by atoms with Gasteiger partial charge < -0.3 is 5.11 Å². The van der Waals surface area contributed by atoms with Crippen molar-refractivity contribution >= 4 is 17.1 Å². The number of benzene rings is 2. The Bertz CT molecular complexity index is 974. The van der Waals surface area contributed by atoms with E-state index in [-0.39, 0.29) is 11.3 Å². The first-order valence-electron chi connectivity index (χ1n) is 7.95. The van der Waals surface area contributed by atoms with Gasteiger partial charge in [-0.1, -0.05) is 31.2 Å². The van der Waals surface area contributed by atoms with Gasteiger partial charge in [0, 0.05) is 12.0 Å². The predicted octanol–water partition coefficient (Wildman–Crippen LogP) is 3.25. The fraction of sp³-hybridized carbons (Fsp3) is 0.211. The van der Waals surface area contributed by atoms with Gasteiger partial charge in [0.2, 0.25) is 0 Å². The molecule has 0 saturated carbocycles. The quantitative estimate of drug-likeness (QED) is 0.750. The molecule has 0 aliphatic heterocycles. The molecule has 5 nitrogen and oxygen atoms in total. The zero-order chi connectivity index (χ0) is 17.1. The average Bonchev–Trinajstić information content (AvgIpc) is 2.58. The molecule has 24 heavy (non-hydrogen) atoms. The Hall–Kier alpha value is -2.95. The maximum Gasteiger partial charge on any atom is 0.282 e. The first-order valence-corrected chi connectivity index (χ1v) is 7.95. The molecule has 0 unspecified atom stereocenters. The van der Waals surface area contributed by atoms with Gasteiger partial charge in [-0.25, -0.2) is 4.98 Å². The van der Waals surface area contributed by atoms with Crippen molar-refractivity contribution < 1.29 is 5.11 Å². The van der Waals surface area contributed by atoms with Crippen LogP contribution in [0.25, 0.3) is 10.9 Å². The third-order valence-electron chi connectivity index (χ3n) is 3.88. The smallest absolute Gasteiger partial charge is 0.282 e. The minimum Gasteiger partial charge on any atom is -0.507 e. The van der Waals surface area contributed by atoms with Crippen LogP contribution in [-0.2, 0) is 6.42 Å². The Labute approximate surface area is 139 Å². The highest BCUT2D eigenvalue weighted by molar-refractivity contribution is 5.84. The van der Waals surface area contributed by atoms with Crippen LogP contribution in [0.4, 0.5) is 0 Å². The van der Waals surface area contributed by atoms with Crippen molar-refractivity contribution in [1.29, 1.82) is 0 Å². The maximum absolute atomic E-state index is 12.7. The molecule has 1 N–H and O–H groups in total. The van der Waals surface area contributed by atoms with Crippen LogP contribution in [0.1, 0.15) is 30.3 Å². The van der Waals surface area contributed by atoms with Gasteiger partial charge in [-0.3, -0.25) is 4.79 Å². The molecule has 0 aliphatic carbocycles. The van der Waals surface area contributed by atoms with E-state index in [1.54, 1.807) is 12.1 Å². The molecule has 0 bridgehead atoms. The Morgan fingerprint density at radius 3 is 2.79 bits per heavy atom. The Morgan fingerprint density at radius 1 is 1.21 bits per heavy atom. The van der Waals surface area contributed by atoms with Crippen LogP contribution >= 0.6 is 0 Å². The first-order chi connectivity index (χ1) is 11.6. The normalized spacial score (nSPS) is 11.4. The molecule has 0 amide bonds. The maximum atomic E-state index is 12.7. The van der Waals surface area contributed by atoms with Crippen LogP contribution < -0.4 is 5.56 Å². The highest BCUT2D eigenvalue weighted by atomic mass is 16.3. The number of hydrogen-bond acceptors (Lipinski definition) is 4. The second-order valence-electron chi connectivity index (χ2n) is 5.67. The van der Waals surface area contributed by atoms with E-state index in [0.717, 1.165) is 12.0 Å². The number of rotatable bonds is 4. The standard InChI is InChI=1S/C19H19N3O2/c1-3-7-17-21-16-11-5-4-10-15(16)19(24)22(17)20-12-14-9-6-8-13(2)18(14)23/h4-6,8-12,23H,3,7H2,1-2H3. The van der Waals surface area contributed by atoms with Crippen LogP contribution in [0.3, 0.4) is 0 Å². The van der Waals surface area contributed by atoms with Gasteiger partial charge in [0.1, 0.15) is 11.6 Å². The van der Waals surface area contributed by atoms with E-state index in [2.05, 4.69) is 10.1 Å². The van der Waals surface area contributed by atoms with Crippen LogP contribution in [-0.4, -0.2) is 21.0 Å². The molecule has 0 saturated heterocycles. The largest absolute Gasteiger partial charge is 0.507 e. The van der Waals surface area contributed by atoms with Crippen molar-refractivity contribution in [2.75, 3.05) is 0 Å². The third-order valence-corrected chi connectivity index (χ3v) is 3.88. The van der Waals surface area contributed by atoms with Gasteiger partial charge in [-0.15, -0.1) is 0 Å². The average molecular weight is 321 g/mol. The summed E-state index contributed by atoms with van der Waals surface area (Å²) in [6, 6.07) is 12.7. The fourth-order valence-electron chi connectivity index (χ4n) is 2.58. The number of hydrogen-bond donors (Lipinski definition) is 1. The van der Waals surface area contributed by atoms with Crippen molar-refractivity contribution in [1.82, 2.24) is 9.66 Å². The van der Waals surface area contributed by atoms with E-state index in [1.807, 2.05) is 44.2 Å². The minimum absolute atomic E-state index is 0.167. The number of para-hydroxylation sites is 2. The lowest BCUT2D eigenvalue weighted by atomic mass is 10.1. The number of phenols is 1. The summed E-state index contributed by atoms with van der Waals surface area (Å²) in [6.07, 6.45) is 3.01. The molecular weight excluding hydrogens is 302 g/mol. The van der Waals surface area contributed by atoms with E-state index in [4.69, 9.17) is 0 Å². The van der Waals surface area contributed by atoms with E-state index < -0.39 is 0 Å². The topological polar surface area (TPSA) is 67.5 Å². The number of aromatic hydroxyl groups is 1. The van der Waals surface area contributed by atoms with Gasteiger partial charge in [0.05, 0.1) is 17.1 Å². The summed E-state index contributed by atoms with van der Waals surface area (Å²) in [6.45, 7) is 3.85. The third kappa shape index (κ3) is 2.93. The molecule has 122 valence electrons. The number of aromatic nitrogens is 2. The van der Waals surface area contributed by atoms with E-state index >= 15 is 0 Å². The molecule has 3 rings (SSSR count). The second-order valence-corrected chi connectivity index (χ2v) is 5.67. The molecule has 0 radical (unpaired) electrons. The summed E-state index contributed by atoms with van der Waals surface area (Å²) in [7, 11) is 0. The van der Waals surface area contributed by atoms with Gasteiger partial charge in [0.15, 0.2) is 0 Å². The molecule has 5 heteroatoms. The number of aryl methyl sites for hydroxylation is 2. The summed E-state index contributed by atoms with van der Waals surface area (Å²) in [5, 5.41) is 14.9. The molecule has 2 aromatic carbocycles. The molecule has 1 aromatic heterocycles. The second kappa shape index (κ2) is 6.66. The molecule has 3 aromatic rings. The fourth-order valence-corrected chi connectivity index (χ4v) is 2.58. The van der Waals surface area contributed by atoms with Gasteiger partial charge in [-0.2, -0.15) is 9.78 Å². The van der Waals surface area contributed by atoms with E-state index in [0.29, 0.717) is 28.7 Å². The van der Waals surface area contributed by atoms with Crippen molar-refractivity contribution in [3.05, 3.63) is 69.8 Å².